The molecule has 0 amide bonds. The standard InChI is InChI=1S/C13H22N2O2.ClH/c1-11(14)10-15(2)8-9-17-13-6-4-12(16-3)5-7-13;/h4-7,11H,8-10,14H2,1-3H3;1H. The van der Waals surface area contributed by atoms with E-state index in [1.807, 2.05) is 38.2 Å². The topological polar surface area (TPSA) is 47.7 Å². The summed E-state index contributed by atoms with van der Waals surface area (Å²) in [5.74, 6) is 1.70. The molecule has 0 saturated carbocycles. The highest BCUT2D eigenvalue weighted by Crippen LogP contribution is 2.16. The Labute approximate surface area is 115 Å². The number of rotatable bonds is 7. The summed E-state index contributed by atoms with van der Waals surface area (Å²) in [5.41, 5.74) is 5.71. The van der Waals surface area contributed by atoms with E-state index in [9.17, 15) is 0 Å². The highest BCUT2D eigenvalue weighted by molar-refractivity contribution is 5.85. The van der Waals surface area contributed by atoms with Gasteiger partial charge in [-0.25, -0.2) is 0 Å². The molecule has 1 rings (SSSR count). The van der Waals surface area contributed by atoms with Gasteiger partial charge in [0.05, 0.1) is 7.11 Å². The van der Waals surface area contributed by atoms with E-state index in [0.717, 1.165) is 24.6 Å². The number of methoxy groups -OCH3 is 1. The van der Waals surface area contributed by atoms with Gasteiger partial charge in [0, 0.05) is 19.1 Å². The summed E-state index contributed by atoms with van der Waals surface area (Å²) in [5, 5.41) is 0. The van der Waals surface area contributed by atoms with Crippen molar-refractivity contribution in [3.05, 3.63) is 24.3 Å². The van der Waals surface area contributed by atoms with Crippen molar-refractivity contribution in [3.8, 4) is 11.5 Å². The van der Waals surface area contributed by atoms with Crippen LogP contribution in [0, 0.1) is 0 Å². The molecule has 0 radical (unpaired) electrons. The number of benzene rings is 1. The van der Waals surface area contributed by atoms with Crippen LogP contribution in [0.3, 0.4) is 0 Å². The molecule has 0 fully saturated rings. The minimum Gasteiger partial charge on any atom is -0.497 e. The van der Waals surface area contributed by atoms with Crippen LogP contribution in [0.2, 0.25) is 0 Å². The Balaban J connectivity index is 0.00000289. The van der Waals surface area contributed by atoms with Crippen LogP contribution in [0.4, 0.5) is 0 Å². The number of nitrogens with zero attached hydrogens (tertiary/aromatic N) is 1. The van der Waals surface area contributed by atoms with Crippen LogP contribution in [-0.2, 0) is 0 Å². The van der Waals surface area contributed by atoms with Crippen molar-refractivity contribution in [2.24, 2.45) is 5.73 Å². The molecule has 0 saturated heterocycles. The van der Waals surface area contributed by atoms with Crippen LogP contribution in [0.25, 0.3) is 0 Å². The third-order valence-corrected chi connectivity index (χ3v) is 2.40. The van der Waals surface area contributed by atoms with Crippen molar-refractivity contribution in [1.82, 2.24) is 4.90 Å². The van der Waals surface area contributed by atoms with E-state index in [2.05, 4.69) is 4.90 Å². The van der Waals surface area contributed by atoms with Gasteiger partial charge in [0.2, 0.25) is 0 Å². The van der Waals surface area contributed by atoms with E-state index >= 15 is 0 Å². The molecule has 104 valence electrons. The van der Waals surface area contributed by atoms with Crippen molar-refractivity contribution in [3.63, 3.8) is 0 Å². The maximum absolute atomic E-state index is 5.71. The summed E-state index contributed by atoms with van der Waals surface area (Å²) < 4.78 is 10.7. The van der Waals surface area contributed by atoms with E-state index < -0.39 is 0 Å². The van der Waals surface area contributed by atoms with E-state index in [1.54, 1.807) is 7.11 Å². The van der Waals surface area contributed by atoms with E-state index in [1.165, 1.54) is 0 Å². The maximum atomic E-state index is 5.71. The largest absolute Gasteiger partial charge is 0.497 e. The average molecular weight is 275 g/mol. The molecule has 2 N–H and O–H groups in total. The molecule has 4 nitrogen and oxygen atoms in total. The quantitative estimate of drug-likeness (QED) is 0.823. The highest BCUT2D eigenvalue weighted by atomic mass is 35.5. The Hall–Kier alpha value is -0.970. The molecule has 0 aliphatic heterocycles. The first-order valence-corrected chi connectivity index (χ1v) is 5.83. The molecule has 1 unspecified atom stereocenters. The SMILES string of the molecule is COc1ccc(OCCN(C)CC(C)N)cc1.Cl. The van der Waals surface area contributed by atoms with Crippen molar-refractivity contribution in [2.75, 3.05) is 33.9 Å². The van der Waals surface area contributed by atoms with Gasteiger partial charge in [-0.05, 0) is 38.2 Å². The first kappa shape index (κ1) is 17.0. The van der Waals surface area contributed by atoms with Crippen molar-refractivity contribution in [2.45, 2.75) is 13.0 Å². The average Bonchev–Trinajstić information content (AvgIpc) is 2.29. The second-order valence-electron chi connectivity index (χ2n) is 4.26. The van der Waals surface area contributed by atoms with Crippen LogP contribution in [-0.4, -0.2) is 44.8 Å². The molecule has 1 atom stereocenters. The van der Waals surface area contributed by atoms with Crippen LogP contribution in [0.5, 0.6) is 11.5 Å². The zero-order valence-electron chi connectivity index (χ0n) is 11.3. The number of hydrogen-bond donors (Lipinski definition) is 1. The van der Waals surface area contributed by atoms with Gasteiger partial charge >= 0.3 is 0 Å². The normalized spacial score (nSPS) is 11.8. The lowest BCUT2D eigenvalue weighted by atomic mass is 10.3. The molecule has 0 aliphatic carbocycles. The second-order valence-corrected chi connectivity index (χ2v) is 4.26. The Morgan fingerprint density at radius 2 is 1.78 bits per heavy atom. The summed E-state index contributed by atoms with van der Waals surface area (Å²) in [4.78, 5) is 2.16. The third kappa shape index (κ3) is 6.69. The Morgan fingerprint density at radius 3 is 2.28 bits per heavy atom. The summed E-state index contributed by atoms with van der Waals surface area (Å²) in [6.45, 7) is 4.41. The van der Waals surface area contributed by atoms with E-state index in [0.29, 0.717) is 6.61 Å². The van der Waals surface area contributed by atoms with Gasteiger partial charge in [-0.2, -0.15) is 0 Å². The third-order valence-electron chi connectivity index (χ3n) is 2.40. The van der Waals surface area contributed by atoms with Crippen molar-refractivity contribution >= 4 is 12.4 Å². The van der Waals surface area contributed by atoms with Gasteiger partial charge < -0.3 is 20.1 Å². The van der Waals surface area contributed by atoms with Crippen LogP contribution < -0.4 is 15.2 Å². The molecule has 0 bridgehead atoms. The molecule has 1 aromatic rings. The number of hydrogen-bond acceptors (Lipinski definition) is 4. The fraction of sp³-hybridized carbons (Fsp3) is 0.538. The number of nitrogens with two attached hydrogens (primary N) is 1. The maximum Gasteiger partial charge on any atom is 0.119 e. The fourth-order valence-corrected chi connectivity index (χ4v) is 1.57. The summed E-state index contributed by atoms with van der Waals surface area (Å²) >= 11 is 0. The first-order chi connectivity index (χ1) is 8.11. The highest BCUT2D eigenvalue weighted by Gasteiger charge is 2.02. The zero-order valence-corrected chi connectivity index (χ0v) is 12.1. The van der Waals surface area contributed by atoms with Gasteiger partial charge in [-0.3, -0.25) is 0 Å². The molecule has 5 heteroatoms. The van der Waals surface area contributed by atoms with Crippen molar-refractivity contribution < 1.29 is 9.47 Å². The Morgan fingerprint density at radius 1 is 1.22 bits per heavy atom. The van der Waals surface area contributed by atoms with Gasteiger partial charge in [0.1, 0.15) is 18.1 Å². The minimum atomic E-state index is 0. The van der Waals surface area contributed by atoms with E-state index in [-0.39, 0.29) is 18.4 Å². The summed E-state index contributed by atoms with van der Waals surface area (Å²) in [6.07, 6.45) is 0. The number of likely N-dealkylation sites (N-methyl/N-ethyl adjacent to an activating group) is 1. The lowest BCUT2D eigenvalue weighted by Gasteiger charge is -2.18. The molecule has 0 spiro atoms. The van der Waals surface area contributed by atoms with Crippen molar-refractivity contribution in [1.29, 1.82) is 0 Å². The number of ether oxygens (including phenoxy) is 2. The zero-order chi connectivity index (χ0) is 12.7. The van der Waals surface area contributed by atoms with Crippen LogP contribution in [0.15, 0.2) is 24.3 Å². The molecular weight excluding hydrogens is 252 g/mol. The molecule has 0 aromatic heterocycles. The predicted octanol–water partition coefficient (Wildman–Crippen LogP) is 1.77. The predicted molar refractivity (Wildman–Crippen MR) is 76.9 cm³/mol. The smallest absolute Gasteiger partial charge is 0.119 e. The summed E-state index contributed by atoms with van der Waals surface area (Å²) in [6, 6.07) is 7.79. The molecular formula is C13H23ClN2O2. The Bertz CT molecular complexity index is 317. The fourth-order valence-electron chi connectivity index (χ4n) is 1.57. The molecule has 0 heterocycles. The molecule has 18 heavy (non-hydrogen) atoms. The Kier molecular flexibility index (Phi) is 8.54. The van der Waals surface area contributed by atoms with Gasteiger partial charge in [0.25, 0.3) is 0 Å². The lowest BCUT2D eigenvalue weighted by Crippen LogP contribution is -2.35. The van der Waals surface area contributed by atoms with Crippen LogP contribution in [0.1, 0.15) is 6.92 Å². The number of halogens is 1. The monoisotopic (exact) mass is 274 g/mol. The first-order valence-electron chi connectivity index (χ1n) is 5.83. The molecule has 1 aromatic carbocycles. The summed E-state index contributed by atoms with van der Waals surface area (Å²) in [7, 11) is 3.69. The van der Waals surface area contributed by atoms with Gasteiger partial charge in [0.15, 0.2) is 0 Å². The minimum absolute atomic E-state index is 0. The second kappa shape index (κ2) is 9.03. The lowest BCUT2D eigenvalue weighted by molar-refractivity contribution is 0.231. The van der Waals surface area contributed by atoms with Gasteiger partial charge in [-0.1, -0.05) is 0 Å². The van der Waals surface area contributed by atoms with E-state index in [4.69, 9.17) is 15.2 Å². The molecule has 0 aliphatic rings. The van der Waals surface area contributed by atoms with Crippen LogP contribution >= 0.6 is 12.4 Å². The van der Waals surface area contributed by atoms with Gasteiger partial charge in [-0.15, -0.1) is 12.4 Å².